The van der Waals surface area contributed by atoms with Crippen molar-refractivity contribution >= 4 is 28.6 Å². The average Bonchev–Trinajstić information content (AvgIpc) is 3.26. The molecule has 1 atom stereocenters. The summed E-state index contributed by atoms with van der Waals surface area (Å²) in [5, 5.41) is 9.77. The number of carboxylic acid groups (broad SMARTS) is 1. The van der Waals surface area contributed by atoms with Crippen LogP contribution in [0.2, 0.25) is 5.02 Å². The number of nitrogens with zero attached hydrogens (tertiary/aromatic N) is 5. The molecule has 4 heterocycles. The molecule has 9 nitrogen and oxygen atoms in total. The third kappa shape index (κ3) is 5.49. The van der Waals surface area contributed by atoms with Gasteiger partial charge in [0, 0.05) is 41.2 Å². The van der Waals surface area contributed by atoms with Crippen molar-refractivity contribution in [3.05, 3.63) is 101 Å². The van der Waals surface area contributed by atoms with E-state index in [1.165, 1.54) is 6.07 Å². The maximum Gasteiger partial charge on any atom is 0.335 e. The molecule has 0 unspecified atom stereocenters. The number of ether oxygens (including phenoxy) is 2. The topological polar surface area (TPSA) is 112 Å². The van der Waals surface area contributed by atoms with E-state index >= 15 is 0 Å². The molecule has 0 aliphatic carbocycles. The fourth-order valence-electron chi connectivity index (χ4n) is 4.44. The number of aromatic nitrogens is 5. The van der Waals surface area contributed by atoms with Crippen molar-refractivity contribution < 1.29 is 23.8 Å². The maximum atomic E-state index is 14.1. The van der Waals surface area contributed by atoms with E-state index in [1.54, 1.807) is 54.9 Å². The number of rotatable bonds is 9. The number of benzene rings is 2. The van der Waals surface area contributed by atoms with Crippen LogP contribution in [0.15, 0.2) is 67.0 Å². The van der Waals surface area contributed by atoms with Gasteiger partial charge in [-0.25, -0.2) is 29.1 Å². The van der Waals surface area contributed by atoms with Crippen LogP contribution in [0.25, 0.3) is 22.3 Å². The van der Waals surface area contributed by atoms with E-state index in [9.17, 15) is 14.3 Å². The van der Waals surface area contributed by atoms with E-state index in [2.05, 4.69) is 15.0 Å². The van der Waals surface area contributed by atoms with Gasteiger partial charge in [0.05, 0.1) is 41.4 Å². The summed E-state index contributed by atoms with van der Waals surface area (Å²) >= 11 is 5.82. The Hall–Kier alpha value is -4.41. The number of hydrogen-bond acceptors (Lipinski definition) is 7. The first-order chi connectivity index (χ1) is 19.4. The molecule has 0 bridgehead atoms. The number of imidazole rings is 1. The van der Waals surface area contributed by atoms with Crippen molar-refractivity contribution in [2.24, 2.45) is 0 Å². The molecular formula is C29H23ClFN5O4. The lowest BCUT2D eigenvalue weighted by atomic mass is 10.1. The lowest BCUT2D eigenvalue weighted by Gasteiger charge is -2.27. The zero-order chi connectivity index (χ0) is 27.6. The van der Waals surface area contributed by atoms with Gasteiger partial charge >= 0.3 is 5.97 Å². The summed E-state index contributed by atoms with van der Waals surface area (Å²) in [6.45, 7) is 1.30. The number of pyridine rings is 1. The van der Waals surface area contributed by atoms with Crippen LogP contribution in [0.4, 0.5) is 4.39 Å². The Balaban J connectivity index is 1.20. The van der Waals surface area contributed by atoms with Crippen molar-refractivity contribution in [3.8, 4) is 17.1 Å². The van der Waals surface area contributed by atoms with E-state index in [0.29, 0.717) is 52.0 Å². The Bertz CT molecular complexity index is 1710. The number of hydrogen-bond donors (Lipinski definition) is 1. The van der Waals surface area contributed by atoms with Gasteiger partial charge in [-0.2, -0.15) is 0 Å². The molecule has 3 aromatic heterocycles. The van der Waals surface area contributed by atoms with Crippen LogP contribution < -0.4 is 4.74 Å². The Labute approximate surface area is 233 Å². The zero-order valence-electron chi connectivity index (χ0n) is 21.1. The Kier molecular flexibility index (Phi) is 7.10. The van der Waals surface area contributed by atoms with Crippen molar-refractivity contribution in [1.29, 1.82) is 0 Å². The zero-order valence-corrected chi connectivity index (χ0v) is 21.9. The van der Waals surface area contributed by atoms with E-state index in [4.69, 9.17) is 26.1 Å². The van der Waals surface area contributed by atoms with Crippen molar-refractivity contribution in [2.45, 2.75) is 32.1 Å². The molecule has 5 aromatic rings. The number of fused-ring (bicyclic) bond motifs is 1. The van der Waals surface area contributed by atoms with Gasteiger partial charge in [0.1, 0.15) is 24.1 Å². The van der Waals surface area contributed by atoms with Crippen molar-refractivity contribution in [1.82, 2.24) is 24.5 Å². The molecule has 1 saturated heterocycles. The highest BCUT2D eigenvalue weighted by atomic mass is 35.5. The molecule has 0 spiro atoms. The molecular weight excluding hydrogens is 537 g/mol. The van der Waals surface area contributed by atoms with Gasteiger partial charge in [0.2, 0.25) is 5.88 Å². The Morgan fingerprint density at radius 1 is 1.12 bits per heavy atom. The second-order valence-electron chi connectivity index (χ2n) is 9.38. The minimum Gasteiger partial charge on any atom is -0.478 e. The van der Waals surface area contributed by atoms with Gasteiger partial charge in [0.15, 0.2) is 0 Å². The third-order valence-corrected chi connectivity index (χ3v) is 6.92. The molecule has 1 N–H and O–H groups in total. The maximum absolute atomic E-state index is 14.1. The van der Waals surface area contributed by atoms with Crippen molar-refractivity contribution in [2.75, 3.05) is 6.61 Å². The Morgan fingerprint density at radius 3 is 2.67 bits per heavy atom. The normalized spacial score (nSPS) is 14.7. The summed E-state index contributed by atoms with van der Waals surface area (Å²) in [5.74, 6) is 0.185. The van der Waals surface area contributed by atoms with Gasteiger partial charge in [0.25, 0.3) is 0 Å². The van der Waals surface area contributed by atoms with E-state index < -0.39 is 11.8 Å². The van der Waals surface area contributed by atoms with Crippen LogP contribution in [-0.4, -0.2) is 48.3 Å². The molecule has 6 rings (SSSR count). The minimum atomic E-state index is -0.991. The number of aromatic carboxylic acids is 1. The summed E-state index contributed by atoms with van der Waals surface area (Å²) in [5.41, 5.74) is 3.31. The first-order valence-corrected chi connectivity index (χ1v) is 13.0. The quantitative estimate of drug-likeness (QED) is 0.258. The molecule has 0 saturated carbocycles. The van der Waals surface area contributed by atoms with Gasteiger partial charge in [-0.1, -0.05) is 23.7 Å². The third-order valence-electron chi connectivity index (χ3n) is 6.69. The molecule has 1 aliphatic heterocycles. The summed E-state index contributed by atoms with van der Waals surface area (Å²) in [6, 6.07) is 14.6. The lowest BCUT2D eigenvalue weighted by molar-refractivity contribution is -0.0589. The number of carbonyl (C=O) groups is 1. The van der Waals surface area contributed by atoms with E-state index in [0.717, 1.165) is 24.4 Å². The highest BCUT2D eigenvalue weighted by Gasteiger charge is 2.23. The second-order valence-corrected chi connectivity index (χ2v) is 9.82. The molecule has 202 valence electrons. The SMILES string of the molecule is O=C(O)c1ccc2nc(Cc3ncc(-c4cccc(OCc5ccc(Cl)cc5F)n4)cn3)n(C[C@@H]3CCO3)c2c1. The standard InChI is InChI=1S/C29H23ClFN5O4/c30-20-6-4-18(22(31)11-20)16-40-28-3-1-2-23(35-28)19-13-32-26(33-14-19)12-27-34-24-7-5-17(29(37)38)10-25(24)36(27)15-21-8-9-39-21/h1-7,10-11,13-14,21H,8-9,12,15-16H2,(H,37,38)/t21-/m0/s1. The Morgan fingerprint density at radius 2 is 1.95 bits per heavy atom. The van der Waals surface area contributed by atoms with Gasteiger partial charge < -0.3 is 19.1 Å². The summed E-state index contributed by atoms with van der Waals surface area (Å²) in [6.07, 6.45) is 4.71. The van der Waals surface area contributed by atoms with Gasteiger partial charge in [-0.15, -0.1) is 0 Å². The predicted octanol–water partition coefficient (Wildman–Crippen LogP) is 5.34. The van der Waals surface area contributed by atoms with Crippen LogP contribution in [0.1, 0.15) is 34.0 Å². The molecule has 2 aromatic carbocycles. The summed E-state index contributed by atoms with van der Waals surface area (Å²) in [7, 11) is 0. The highest BCUT2D eigenvalue weighted by molar-refractivity contribution is 6.30. The molecule has 11 heteroatoms. The van der Waals surface area contributed by atoms with Gasteiger partial charge in [-0.05, 0) is 42.8 Å². The molecule has 1 fully saturated rings. The molecule has 40 heavy (non-hydrogen) atoms. The van der Waals surface area contributed by atoms with Crippen molar-refractivity contribution in [3.63, 3.8) is 0 Å². The van der Waals surface area contributed by atoms with Crippen LogP contribution in [0, 0.1) is 5.82 Å². The fraction of sp³-hybridized carbons (Fsp3) is 0.207. The number of halogens is 2. The first-order valence-electron chi connectivity index (χ1n) is 12.6. The van der Waals surface area contributed by atoms with Crippen LogP contribution in [0.5, 0.6) is 5.88 Å². The minimum absolute atomic E-state index is 0.00967. The monoisotopic (exact) mass is 559 g/mol. The highest BCUT2D eigenvalue weighted by Crippen LogP contribution is 2.25. The largest absolute Gasteiger partial charge is 0.478 e. The van der Waals surface area contributed by atoms with E-state index in [1.807, 2.05) is 10.6 Å². The summed E-state index contributed by atoms with van der Waals surface area (Å²) in [4.78, 5) is 29.8. The fourth-order valence-corrected chi connectivity index (χ4v) is 4.60. The second kappa shape index (κ2) is 11.0. The smallest absolute Gasteiger partial charge is 0.335 e. The molecule has 0 radical (unpaired) electrons. The van der Waals surface area contributed by atoms with Crippen LogP contribution in [0.3, 0.4) is 0 Å². The van der Waals surface area contributed by atoms with E-state index in [-0.39, 0.29) is 18.3 Å². The molecule has 1 aliphatic rings. The van der Waals surface area contributed by atoms with Gasteiger partial charge in [-0.3, -0.25) is 0 Å². The first kappa shape index (κ1) is 25.8. The number of carboxylic acids is 1. The van der Waals surface area contributed by atoms with Crippen LogP contribution in [-0.2, 0) is 24.3 Å². The van der Waals surface area contributed by atoms with Crippen LogP contribution >= 0.6 is 11.6 Å². The lowest BCUT2D eigenvalue weighted by Crippen LogP contribution is -2.31. The average molecular weight is 560 g/mol. The predicted molar refractivity (Wildman–Crippen MR) is 145 cm³/mol. The molecule has 0 amide bonds. The summed E-state index contributed by atoms with van der Waals surface area (Å²) < 4.78 is 27.4.